The molecule has 1 aromatic heterocycles. The molecular weight excluding hydrogens is 181 g/mol. The highest BCUT2D eigenvalue weighted by Gasteiger charge is 2.42. The van der Waals surface area contributed by atoms with Gasteiger partial charge in [0.1, 0.15) is 11.5 Å². The van der Waals surface area contributed by atoms with Gasteiger partial charge in [-0.2, -0.15) is 0 Å². The molecule has 14 heavy (non-hydrogen) atoms. The molecule has 0 saturated heterocycles. The second-order valence-electron chi connectivity index (χ2n) is 4.08. The number of nitrogens with zero attached hydrogens (tertiary/aromatic N) is 1. The van der Waals surface area contributed by atoms with E-state index < -0.39 is 5.67 Å². The van der Waals surface area contributed by atoms with Crippen molar-refractivity contribution in [3.63, 3.8) is 0 Å². The van der Waals surface area contributed by atoms with Crippen LogP contribution in [-0.4, -0.2) is 16.7 Å². The molecule has 0 bridgehead atoms. The summed E-state index contributed by atoms with van der Waals surface area (Å²) in [5.74, 6) is 0.440. The summed E-state index contributed by atoms with van der Waals surface area (Å²) in [6.45, 7) is 0. The lowest BCUT2D eigenvalue weighted by Crippen LogP contribution is -2.49. The summed E-state index contributed by atoms with van der Waals surface area (Å²) in [5.41, 5.74) is 10.8. The Kier molecular flexibility index (Phi) is 2.15. The van der Waals surface area contributed by atoms with Crippen LogP contribution in [0.25, 0.3) is 0 Å². The van der Waals surface area contributed by atoms with Gasteiger partial charge in [0.05, 0.1) is 0 Å². The molecule has 4 heteroatoms. The van der Waals surface area contributed by atoms with Crippen LogP contribution in [0.15, 0.2) is 18.3 Å². The third-order valence-electron chi connectivity index (χ3n) is 2.62. The first-order valence-electron chi connectivity index (χ1n) is 4.72. The Morgan fingerprint density at radius 2 is 2.29 bits per heavy atom. The second kappa shape index (κ2) is 3.20. The molecule has 3 nitrogen and oxygen atoms in total. The summed E-state index contributed by atoms with van der Waals surface area (Å²) in [6.07, 6.45) is 2.91. The van der Waals surface area contributed by atoms with E-state index >= 15 is 0 Å². The Labute approximate surface area is 82.3 Å². The maximum atomic E-state index is 13.8. The van der Waals surface area contributed by atoms with Crippen LogP contribution in [0.2, 0.25) is 0 Å². The third kappa shape index (κ3) is 1.85. The minimum Gasteiger partial charge on any atom is -0.384 e. The molecule has 0 unspecified atom stereocenters. The molecule has 0 amide bonds. The Morgan fingerprint density at radius 3 is 2.86 bits per heavy atom. The van der Waals surface area contributed by atoms with E-state index in [2.05, 4.69) is 4.98 Å². The fourth-order valence-corrected chi connectivity index (χ4v) is 1.99. The van der Waals surface area contributed by atoms with Crippen LogP contribution in [0.4, 0.5) is 10.2 Å². The summed E-state index contributed by atoms with van der Waals surface area (Å²) >= 11 is 0. The molecule has 0 aromatic carbocycles. The van der Waals surface area contributed by atoms with Crippen molar-refractivity contribution in [3.8, 4) is 0 Å². The van der Waals surface area contributed by atoms with Gasteiger partial charge in [0.15, 0.2) is 0 Å². The van der Waals surface area contributed by atoms with E-state index in [-0.39, 0.29) is 6.04 Å². The molecule has 0 atom stereocenters. The highest BCUT2D eigenvalue weighted by Crippen LogP contribution is 2.37. The highest BCUT2D eigenvalue weighted by molar-refractivity contribution is 5.33. The van der Waals surface area contributed by atoms with Crippen molar-refractivity contribution in [3.05, 3.63) is 23.9 Å². The van der Waals surface area contributed by atoms with Crippen molar-refractivity contribution in [2.24, 2.45) is 5.73 Å². The third-order valence-corrected chi connectivity index (χ3v) is 2.62. The van der Waals surface area contributed by atoms with E-state index in [0.717, 1.165) is 5.56 Å². The zero-order chi connectivity index (χ0) is 10.2. The zero-order valence-corrected chi connectivity index (χ0v) is 7.91. The second-order valence-corrected chi connectivity index (χ2v) is 4.08. The van der Waals surface area contributed by atoms with Gasteiger partial charge in [0, 0.05) is 18.7 Å². The van der Waals surface area contributed by atoms with Gasteiger partial charge in [-0.05, 0) is 30.5 Å². The average Bonchev–Trinajstić information content (AvgIpc) is 2.00. The monoisotopic (exact) mass is 195 g/mol. The maximum Gasteiger partial charge on any atom is 0.123 e. The SMILES string of the molecule is Nc1cc(CC2(F)CC(N)C2)ccn1. The standard InChI is InChI=1S/C10H14FN3/c11-10(5-8(12)6-10)4-7-1-2-14-9(13)3-7/h1-3,8H,4-6,12H2,(H2,13,14). The molecule has 1 aliphatic rings. The van der Waals surface area contributed by atoms with E-state index in [1.54, 1.807) is 18.3 Å². The largest absolute Gasteiger partial charge is 0.384 e. The molecule has 2 rings (SSSR count). The van der Waals surface area contributed by atoms with Crippen molar-refractivity contribution < 1.29 is 4.39 Å². The predicted octanol–water partition coefficient (Wildman–Crippen LogP) is 1.04. The van der Waals surface area contributed by atoms with Crippen molar-refractivity contribution in [1.29, 1.82) is 0 Å². The number of rotatable bonds is 2. The van der Waals surface area contributed by atoms with Gasteiger partial charge >= 0.3 is 0 Å². The lowest BCUT2D eigenvalue weighted by molar-refractivity contribution is 0.0444. The van der Waals surface area contributed by atoms with Crippen LogP contribution in [-0.2, 0) is 6.42 Å². The van der Waals surface area contributed by atoms with Crippen LogP contribution in [0.3, 0.4) is 0 Å². The lowest BCUT2D eigenvalue weighted by atomic mass is 9.74. The van der Waals surface area contributed by atoms with Crippen molar-refractivity contribution >= 4 is 5.82 Å². The minimum absolute atomic E-state index is 0.0270. The molecule has 76 valence electrons. The number of nitrogen functional groups attached to an aromatic ring is 1. The van der Waals surface area contributed by atoms with Gasteiger partial charge in [-0.1, -0.05) is 0 Å². The van der Waals surface area contributed by atoms with E-state index in [0.29, 0.717) is 25.1 Å². The molecule has 0 spiro atoms. The molecule has 4 N–H and O–H groups in total. The summed E-state index contributed by atoms with van der Waals surface area (Å²) in [6, 6.07) is 3.53. The highest BCUT2D eigenvalue weighted by atomic mass is 19.1. The number of alkyl halides is 1. The van der Waals surface area contributed by atoms with Crippen LogP contribution < -0.4 is 11.5 Å². The van der Waals surface area contributed by atoms with Crippen LogP contribution in [0, 0.1) is 0 Å². The first-order chi connectivity index (χ1) is 6.57. The molecular formula is C10H14FN3. The van der Waals surface area contributed by atoms with Gasteiger partial charge in [0.2, 0.25) is 0 Å². The van der Waals surface area contributed by atoms with E-state index in [9.17, 15) is 4.39 Å². The Bertz CT molecular complexity index is 334. The van der Waals surface area contributed by atoms with Crippen LogP contribution >= 0.6 is 0 Å². The number of pyridine rings is 1. The van der Waals surface area contributed by atoms with Gasteiger partial charge in [-0.25, -0.2) is 9.37 Å². The number of halogens is 1. The number of hydrogen-bond donors (Lipinski definition) is 2. The van der Waals surface area contributed by atoms with E-state index in [4.69, 9.17) is 11.5 Å². The molecule has 1 heterocycles. The van der Waals surface area contributed by atoms with Gasteiger partial charge in [-0.15, -0.1) is 0 Å². The van der Waals surface area contributed by atoms with Crippen LogP contribution in [0.1, 0.15) is 18.4 Å². The quantitative estimate of drug-likeness (QED) is 0.741. The zero-order valence-electron chi connectivity index (χ0n) is 7.91. The predicted molar refractivity (Wildman–Crippen MR) is 53.4 cm³/mol. The topological polar surface area (TPSA) is 64.9 Å². The first-order valence-corrected chi connectivity index (χ1v) is 4.72. The fourth-order valence-electron chi connectivity index (χ4n) is 1.99. The molecule has 0 aliphatic heterocycles. The molecule has 1 aromatic rings. The van der Waals surface area contributed by atoms with Crippen LogP contribution in [0.5, 0.6) is 0 Å². The Balaban J connectivity index is 2.04. The number of hydrogen-bond acceptors (Lipinski definition) is 3. The molecule has 1 saturated carbocycles. The number of nitrogens with two attached hydrogens (primary N) is 2. The number of anilines is 1. The molecule has 1 aliphatic carbocycles. The first kappa shape index (κ1) is 9.40. The van der Waals surface area contributed by atoms with E-state index in [1.807, 2.05) is 0 Å². The molecule has 0 radical (unpaired) electrons. The van der Waals surface area contributed by atoms with E-state index in [1.165, 1.54) is 0 Å². The minimum atomic E-state index is -1.12. The van der Waals surface area contributed by atoms with Crippen molar-refractivity contribution in [2.75, 3.05) is 5.73 Å². The van der Waals surface area contributed by atoms with Crippen molar-refractivity contribution in [2.45, 2.75) is 31.0 Å². The summed E-state index contributed by atoms with van der Waals surface area (Å²) in [7, 11) is 0. The van der Waals surface area contributed by atoms with Crippen molar-refractivity contribution in [1.82, 2.24) is 4.98 Å². The summed E-state index contributed by atoms with van der Waals surface area (Å²) < 4.78 is 13.8. The smallest absolute Gasteiger partial charge is 0.123 e. The number of aromatic nitrogens is 1. The Hall–Kier alpha value is -1.16. The van der Waals surface area contributed by atoms with Gasteiger partial charge < -0.3 is 11.5 Å². The summed E-state index contributed by atoms with van der Waals surface area (Å²) in [5, 5.41) is 0. The normalized spacial score (nSPS) is 31.1. The van der Waals surface area contributed by atoms with Gasteiger partial charge in [0.25, 0.3) is 0 Å². The molecule has 1 fully saturated rings. The maximum absolute atomic E-state index is 13.8. The average molecular weight is 195 g/mol. The summed E-state index contributed by atoms with van der Waals surface area (Å²) in [4.78, 5) is 3.86. The lowest BCUT2D eigenvalue weighted by Gasteiger charge is -2.39. The fraction of sp³-hybridized carbons (Fsp3) is 0.500. The van der Waals surface area contributed by atoms with Gasteiger partial charge in [-0.3, -0.25) is 0 Å². The Morgan fingerprint density at radius 1 is 1.57 bits per heavy atom.